The number of anilines is 1. The summed E-state index contributed by atoms with van der Waals surface area (Å²) in [5.41, 5.74) is 2.14. The summed E-state index contributed by atoms with van der Waals surface area (Å²) in [5, 5.41) is 4.50. The van der Waals surface area contributed by atoms with E-state index < -0.39 is 5.97 Å². The maximum absolute atomic E-state index is 12.2. The number of esters is 1. The zero-order valence-electron chi connectivity index (χ0n) is 13.8. The molecule has 0 spiro atoms. The molecule has 0 aliphatic rings. The second-order valence-corrected chi connectivity index (χ2v) is 5.98. The topological polar surface area (TPSA) is 68.5 Å². The molecule has 6 nitrogen and oxygen atoms in total. The highest BCUT2D eigenvalue weighted by Crippen LogP contribution is 2.19. The van der Waals surface area contributed by atoms with Gasteiger partial charge in [-0.2, -0.15) is 4.98 Å². The van der Waals surface area contributed by atoms with E-state index >= 15 is 0 Å². The highest BCUT2D eigenvalue weighted by atomic mass is 35.5. The minimum atomic E-state index is -0.449. The third-order valence-electron chi connectivity index (χ3n) is 3.50. The normalized spacial score (nSPS) is 10.5. The Labute approximate surface area is 150 Å². The summed E-state index contributed by atoms with van der Waals surface area (Å²) in [4.78, 5) is 18.3. The first-order valence-electron chi connectivity index (χ1n) is 7.56. The molecular formula is C18H16ClN3O3. The number of hydrogen-bond donors (Lipinski definition) is 0. The van der Waals surface area contributed by atoms with E-state index in [1.165, 1.54) is 0 Å². The lowest BCUT2D eigenvalue weighted by atomic mass is 10.2. The van der Waals surface area contributed by atoms with Crippen molar-refractivity contribution in [3.05, 3.63) is 65.0 Å². The lowest BCUT2D eigenvalue weighted by Crippen LogP contribution is -2.11. The lowest BCUT2D eigenvalue weighted by molar-refractivity contribution is 0.0430. The van der Waals surface area contributed by atoms with Gasteiger partial charge in [0.05, 0.1) is 5.56 Å². The third kappa shape index (κ3) is 4.16. The summed E-state index contributed by atoms with van der Waals surface area (Å²) in [6, 6.07) is 14.2. The van der Waals surface area contributed by atoms with Gasteiger partial charge < -0.3 is 14.2 Å². The van der Waals surface area contributed by atoms with Crippen LogP contribution in [0.5, 0.6) is 0 Å². The highest BCUT2D eigenvalue weighted by molar-refractivity contribution is 6.30. The average molecular weight is 358 g/mol. The average Bonchev–Trinajstić information content (AvgIpc) is 3.09. The molecule has 0 unspecified atom stereocenters. The number of hydrogen-bond acceptors (Lipinski definition) is 6. The molecule has 3 aromatic rings. The van der Waals surface area contributed by atoms with E-state index in [-0.39, 0.29) is 12.5 Å². The molecule has 7 heteroatoms. The number of rotatable bonds is 5. The fraction of sp³-hybridized carbons (Fsp3) is 0.167. The van der Waals surface area contributed by atoms with Crippen LogP contribution in [0.25, 0.3) is 11.4 Å². The van der Waals surface area contributed by atoms with Gasteiger partial charge in [-0.25, -0.2) is 4.79 Å². The van der Waals surface area contributed by atoms with Crippen LogP contribution >= 0.6 is 11.6 Å². The maximum Gasteiger partial charge on any atom is 0.338 e. The standard InChI is InChI=1S/C18H16ClN3O3/c1-22(2)15-5-3-4-13(10-15)18(23)24-11-16-20-17(21-25-16)12-6-8-14(19)9-7-12/h3-10H,11H2,1-2H3. The molecule has 0 atom stereocenters. The number of nitrogens with zero attached hydrogens (tertiary/aromatic N) is 3. The van der Waals surface area contributed by atoms with Gasteiger partial charge in [0.15, 0.2) is 6.61 Å². The van der Waals surface area contributed by atoms with Crippen molar-refractivity contribution >= 4 is 23.3 Å². The van der Waals surface area contributed by atoms with Crippen LogP contribution in [-0.4, -0.2) is 30.2 Å². The van der Waals surface area contributed by atoms with Crippen LogP contribution in [0, 0.1) is 0 Å². The number of halogens is 1. The molecule has 25 heavy (non-hydrogen) atoms. The van der Waals surface area contributed by atoms with Crippen LogP contribution in [0.4, 0.5) is 5.69 Å². The molecule has 0 saturated heterocycles. The summed E-state index contributed by atoms with van der Waals surface area (Å²) in [5.74, 6) is 0.189. The summed E-state index contributed by atoms with van der Waals surface area (Å²) in [7, 11) is 3.81. The Balaban J connectivity index is 1.65. The van der Waals surface area contributed by atoms with Crippen molar-refractivity contribution < 1.29 is 14.1 Å². The molecule has 0 aliphatic carbocycles. The minimum Gasteiger partial charge on any atom is -0.452 e. The Hall–Kier alpha value is -2.86. The summed E-state index contributed by atoms with van der Waals surface area (Å²) >= 11 is 5.85. The van der Waals surface area contributed by atoms with Gasteiger partial charge in [-0.05, 0) is 42.5 Å². The molecule has 0 radical (unpaired) electrons. The van der Waals surface area contributed by atoms with Crippen molar-refractivity contribution in [3.8, 4) is 11.4 Å². The monoisotopic (exact) mass is 357 g/mol. The van der Waals surface area contributed by atoms with Crippen molar-refractivity contribution in [2.75, 3.05) is 19.0 Å². The second kappa shape index (κ2) is 7.36. The van der Waals surface area contributed by atoms with Gasteiger partial charge in [-0.3, -0.25) is 0 Å². The highest BCUT2D eigenvalue weighted by Gasteiger charge is 2.13. The quantitative estimate of drug-likeness (QED) is 0.647. The number of carbonyl (C=O) groups is 1. The Morgan fingerprint density at radius 3 is 2.68 bits per heavy atom. The third-order valence-corrected chi connectivity index (χ3v) is 3.75. The fourth-order valence-corrected chi connectivity index (χ4v) is 2.28. The van der Waals surface area contributed by atoms with E-state index in [0.717, 1.165) is 11.3 Å². The predicted octanol–water partition coefficient (Wildman–Crippen LogP) is 3.81. The minimum absolute atomic E-state index is 0.0917. The number of aromatic nitrogens is 2. The second-order valence-electron chi connectivity index (χ2n) is 5.54. The van der Waals surface area contributed by atoms with E-state index in [2.05, 4.69) is 10.1 Å². The van der Waals surface area contributed by atoms with Crippen LogP contribution < -0.4 is 4.90 Å². The predicted molar refractivity (Wildman–Crippen MR) is 94.6 cm³/mol. The molecule has 1 heterocycles. The van der Waals surface area contributed by atoms with Gasteiger partial charge in [0.25, 0.3) is 5.89 Å². The molecule has 3 rings (SSSR count). The molecule has 0 fully saturated rings. The lowest BCUT2D eigenvalue weighted by Gasteiger charge is -2.12. The van der Waals surface area contributed by atoms with E-state index in [4.69, 9.17) is 20.9 Å². The molecule has 0 saturated carbocycles. The Bertz CT molecular complexity index is 875. The Morgan fingerprint density at radius 1 is 1.20 bits per heavy atom. The van der Waals surface area contributed by atoms with Crippen LogP contribution in [-0.2, 0) is 11.3 Å². The van der Waals surface area contributed by atoms with Crippen LogP contribution in [0.2, 0.25) is 5.02 Å². The van der Waals surface area contributed by atoms with Gasteiger partial charge in [-0.15, -0.1) is 0 Å². The number of carbonyl (C=O) groups excluding carboxylic acids is 1. The maximum atomic E-state index is 12.2. The van der Waals surface area contributed by atoms with Crippen molar-refractivity contribution in [2.45, 2.75) is 6.61 Å². The van der Waals surface area contributed by atoms with Gasteiger partial charge >= 0.3 is 5.97 Å². The van der Waals surface area contributed by atoms with Crippen molar-refractivity contribution in [1.82, 2.24) is 10.1 Å². The van der Waals surface area contributed by atoms with Crippen molar-refractivity contribution in [2.24, 2.45) is 0 Å². The summed E-state index contributed by atoms with van der Waals surface area (Å²) < 4.78 is 10.4. The Morgan fingerprint density at radius 2 is 1.96 bits per heavy atom. The van der Waals surface area contributed by atoms with E-state index in [1.807, 2.05) is 25.1 Å². The Kier molecular flexibility index (Phi) is 5.00. The molecule has 0 aliphatic heterocycles. The van der Waals surface area contributed by atoms with E-state index in [9.17, 15) is 4.79 Å². The zero-order valence-corrected chi connectivity index (χ0v) is 14.5. The van der Waals surface area contributed by atoms with Gasteiger partial charge in [-0.1, -0.05) is 22.8 Å². The first kappa shape index (κ1) is 17.0. The molecule has 2 aromatic carbocycles. The first-order chi connectivity index (χ1) is 12.0. The van der Waals surface area contributed by atoms with E-state index in [0.29, 0.717) is 16.4 Å². The smallest absolute Gasteiger partial charge is 0.338 e. The summed E-state index contributed by atoms with van der Waals surface area (Å²) in [6.07, 6.45) is 0. The first-order valence-corrected chi connectivity index (χ1v) is 7.94. The zero-order chi connectivity index (χ0) is 17.8. The van der Waals surface area contributed by atoms with Crippen LogP contribution in [0.15, 0.2) is 53.1 Å². The molecule has 0 amide bonds. The molecule has 0 N–H and O–H groups in total. The van der Waals surface area contributed by atoms with Gasteiger partial charge in [0.1, 0.15) is 0 Å². The van der Waals surface area contributed by atoms with Crippen molar-refractivity contribution in [3.63, 3.8) is 0 Å². The number of benzene rings is 2. The van der Waals surface area contributed by atoms with Crippen LogP contribution in [0.1, 0.15) is 16.2 Å². The molecule has 128 valence electrons. The van der Waals surface area contributed by atoms with Crippen molar-refractivity contribution in [1.29, 1.82) is 0 Å². The van der Waals surface area contributed by atoms with E-state index in [1.54, 1.807) is 42.5 Å². The van der Waals surface area contributed by atoms with Crippen LogP contribution in [0.3, 0.4) is 0 Å². The molecule has 0 bridgehead atoms. The summed E-state index contributed by atoms with van der Waals surface area (Å²) in [6.45, 7) is -0.0917. The fourth-order valence-electron chi connectivity index (χ4n) is 2.15. The number of ether oxygens (including phenoxy) is 1. The molecule has 1 aromatic heterocycles. The van der Waals surface area contributed by atoms with Gasteiger partial charge in [0.2, 0.25) is 5.82 Å². The SMILES string of the molecule is CN(C)c1cccc(C(=O)OCc2nc(-c3ccc(Cl)cc3)no2)c1. The molecular weight excluding hydrogens is 342 g/mol. The largest absolute Gasteiger partial charge is 0.452 e. The van der Waals surface area contributed by atoms with Gasteiger partial charge in [0, 0.05) is 30.4 Å².